The van der Waals surface area contributed by atoms with Gasteiger partial charge >= 0.3 is 35.8 Å². The molecule has 0 atom stereocenters. The van der Waals surface area contributed by atoms with Crippen molar-refractivity contribution < 1.29 is 57.1 Å². The molecule has 0 saturated heterocycles. The number of rotatable bonds is 3. The lowest BCUT2D eigenvalue weighted by Crippen LogP contribution is -2.73. The van der Waals surface area contributed by atoms with Crippen molar-refractivity contribution >= 4 is 0 Å². The zero-order valence-electron chi connectivity index (χ0n) is 8.91. The van der Waals surface area contributed by atoms with Crippen LogP contribution in [0.2, 0.25) is 0 Å². The van der Waals surface area contributed by atoms with Gasteiger partial charge in [0.15, 0.2) is 0 Å². The van der Waals surface area contributed by atoms with Crippen molar-refractivity contribution in [3.63, 3.8) is 0 Å². The zero-order valence-corrected chi connectivity index (χ0v) is 8.91. The minimum atomic E-state index is -7.85. The van der Waals surface area contributed by atoms with E-state index in [1.165, 1.54) is 0 Å². The quantitative estimate of drug-likeness (QED) is 0.654. The molecular weight excluding hydrogens is 331 g/mol. The van der Waals surface area contributed by atoms with Gasteiger partial charge in [0, 0.05) is 6.92 Å². The Morgan fingerprint density at radius 1 is 0.450 bits per heavy atom. The second kappa shape index (κ2) is 4.29. The first-order valence-electron chi connectivity index (χ1n) is 4.21. The SMILES string of the molecule is CC(F)(F)C(F)(F)C(F)(F)C(F)(C(F)(F)F)C(F)(F)F. The van der Waals surface area contributed by atoms with Gasteiger partial charge in [-0.3, -0.25) is 0 Å². The van der Waals surface area contributed by atoms with E-state index < -0.39 is 42.7 Å². The van der Waals surface area contributed by atoms with E-state index in [4.69, 9.17) is 0 Å². The molecule has 0 radical (unpaired) electrons. The summed E-state index contributed by atoms with van der Waals surface area (Å²) in [7, 11) is 0. The summed E-state index contributed by atoms with van der Waals surface area (Å²) < 4.78 is 159. The predicted octanol–water partition coefficient (Wildman–Crippen LogP) is 4.75. The Morgan fingerprint density at radius 3 is 0.850 bits per heavy atom. The van der Waals surface area contributed by atoms with Gasteiger partial charge < -0.3 is 0 Å². The van der Waals surface area contributed by atoms with Crippen LogP contribution in [0.5, 0.6) is 0 Å². The minimum absolute atomic E-state index is 1.08. The van der Waals surface area contributed by atoms with E-state index in [9.17, 15) is 57.1 Å². The van der Waals surface area contributed by atoms with Crippen molar-refractivity contribution in [3.05, 3.63) is 0 Å². The largest absolute Gasteiger partial charge is 0.438 e. The maximum absolute atomic E-state index is 12.8. The summed E-state index contributed by atoms with van der Waals surface area (Å²) in [5, 5.41) is 0. The van der Waals surface area contributed by atoms with Crippen molar-refractivity contribution in [3.8, 4) is 0 Å². The van der Waals surface area contributed by atoms with Crippen LogP contribution in [0.3, 0.4) is 0 Å². The fourth-order valence-corrected chi connectivity index (χ4v) is 1.01. The molecule has 0 saturated carbocycles. The second-order valence-corrected chi connectivity index (χ2v) is 3.69. The van der Waals surface area contributed by atoms with Crippen LogP contribution in [0.15, 0.2) is 0 Å². The van der Waals surface area contributed by atoms with Crippen molar-refractivity contribution in [1.29, 1.82) is 0 Å². The summed E-state index contributed by atoms with van der Waals surface area (Å²) >= 11 is 0. The Labute approximate surface area is 101 Å². The van der Waals surface area contributed by atoms with Gasteiger partial charge in [0.05, 0.1) is 0 Å². The van der Waals surface area contributed by atoms with Crippen LogP contribution in [0, 0.1) is 0 Å². The van der Waals surface area contributed by atoms with E-state index in [2.05, 4.69) is 0 Å². The van der Waals surface area contributed by atoms with Gasteiger partial charge in [0.25, 0.3) is 0 Å². The maximum Gasteiger partial charge on any atom is 0.438 e. The fraction of sp³-hybridized carbons (Fsp3) is 1.00. The van der Waals surface area contributed by atoms with Crippen LogP contribution in [-0.2, 0) is 0 Å². The Hall–Kier alpha value is -0.910. The molecule has 0 aromatic carbocycles. The van der Waals surface area contributed by atoms with Gasteiger partial charge in [-0.15, -0.1) is 0 Å². The van der Waals surface area contributed by atoms with Gasteiger partial charge in [0.2, 0.25) is 0 Å². The molecule has 0 N–H and O–H groups in total. The van der Waals surface area contributed by atoms with Gasteiger partial charge in [-0.1, -0.05) is 0 Å². The topological polar surface area (TPSA) is 0 Å². The minimum Gasteiger partial charge on any atom is -0.216 e. The summed E-state index contributed by atoms with van der Waals surface area (Å²) in [6.07, 6.45) is -15.2. The molecule has 122 valence electrons. The number of hydrogen-bond acceptors (Lipinski definition) is 0. The molecule has 13 heteroatoms. The third-order valence-electron chi connectivity index (χ3n) is 2.16. The molecular formula is C7H3F13. The molecule has 0 fully saturated rings. The Balaban J connectivity index is 6.38. The van der Waals surface area contributed by atoms with Gasteiger partial charge in [-0.25, -0.2) is 4.39 Å². The first-order valence-corrected chi connectivity index (χ1v) is 4.21. The molecule has 0 spiro atoms. The summed E-state index contributed by atoms with van der Waals surface area (Å²) in [6.45, 7) is -1.08. The normalized spacial score (nSPS) is 16.5. The van der Waals surface area contributed by atoms with Crippen LogP contribution in [0.4, 0.5) is 57.1 Å². The standard InChI is InChI=1S/C7H3F13/c1-2(8,9)4(11,12)5(13,14)3(10,6(15,16)17)7(18,19)20/h1H3. The lowest BCUT2D eigenvalue weighted by atomic mass is 9.88. The Kier molecular flexibility index (Phi) is 4.10. The summed E-state index contributed by atoms with van der Waals surface area (Å²) in [5.74, 6) is -21.1. The highest BCUT2D eigenvalue weighted by molar-refractivity contribution is 5.13. The monoisotopic (exact) mass is 334 g/mol. The van der Waals surface area contributed by atoms with Crippen LogP contribution in [-0.4, -0.2) is 35.8 Å². The van der Waals surface area contributed by atoms with Gasteiger partial charge in [-0.2, -0.15) is 52.7 Å². The molecule has 20 heavy (non-hydrogen) atoms. The highest BCUT2D eigenvalue weighted by Crippen LogP contribution is 2.61. The number of halogens is 13. The van der Waals surface area contributed by atoms with E-state index in [1.54, 1.807) is 0 Å². The molecule has 0 nitrogen and oxygen atoms in total. The smallest absolute Gasteiger partial charge is 0.216 e. The van der Waals surface area contributed by atoms with Crippen LogP contribution >= 0.6 is 0 Å². The molecule has 0 unspecified atom stereocenters. The van der Waals surface area contributed by atoms with Crippen molar-refractivity contribution in [2.75, 3.05) is 0 Å². The fourth-order valence-electron chi connectivity index (χ4n) is 1.01. The average Bonchev–Trinajstić information content (AvgIpc) is 2.10. The van der Waals surface area contributed by atoms with E-state index in [-0.39, 0.29) is 0 Å². The van der Waals surface area contributed by atoms with E-state index >= 15 is 0 Å². The maximum atomic E-state index is 12.8. The first kappa shape index (κ1) is 19.1. The van der Waals surface area contributed by atoms with Crippen LogP contribution < -0.4 is 0 Å². The lowest BCUT2D eigenvalue weighted by Gasteiger charge is -2.41. The van der Waals surface area contributed by atoms with Crippen LogP contribution in [0.1, 0.15) is 6.92 Å². The molecule has 0 heterocycles. The average molecular weight is 334 g/mol. The zero-order chi connectivity index (χ0) is 17.0. The molecule has 0 rings (SSSR count). The van der Waals surface area contributed by atoms with Gasteiger partial charge in [0.1, 0.15) is 0 Å². The first-order chi connectivity index (χ1) is 8.25. The van der Waals surface area contributed by atoms with E-state index in [0.717, 1.165) is 0 Å². The molecule has 0 bridgehead atoms. The van der Waals surface area contributed by atoms with Crippen molar-refractivity contribution in [1.82, 2.24) is 0 Å². The lowest BCUT2D eigenvalue weighted by molar-refractivity contribution is -0.443. The van der Waals surface area contributed by atoms with Gasteiger partial charge in [-0.05, 0) is 0 Å². The molecule has 0 aliphatic rings. The van der Waals surface area contributed by atoms with E-state index in [0.29, 0.717) is 0 Å². The number of hydrogen-bond donors (Lipinski definition) is 0. The summed E-state index contributed by atoms with van der Waals surface area (Å²) in [5.41, 5.74) is -7.85. The van der Waals surface area contributed by atoms with Crippen molar-refractivity contribution in [2.24, 2.45) is 0 Å². The summed E-state index contributed by atoms with van der Waals surface area (Å²) in [4.78, 5) is 0. The van der Waals surface area contributed by atoms with Crippen molar-refractivity contribution in [2.45, 2.75) is 42.7 Å². The molecule has 0 aliphatic carbocycles. The second-order valence-electron chi connectivity index (χ2n) is 3.69. The highest BCUT2D eigenvalue weighted by Gasteiger charge is 2.92. The molecule has 0 aromatic heterocycles. The molecule has 0 aliphatic heterocycles. The predicted molar refractivity (Wildman–Crippen MR) is 36.5 cm³/mol. The Bertz CT molecular complexity index is 338. The number of alkyl halides is 13. The third kappa shape index (κ3) is 2.28. The van der Waals surface area contributed by atoms with E-state index in [1.807, 2.05) is 0 Å². The van der Waals surface area contributed by atoms with Crippen LogP contribution in [0.25, 0.3) is 0 Å². The highest BCUT2D eigenvalue weighted by atomic mass is 19.4. The third-order valence-corrected chi connectivity index (χ3v) is 2.16. The summed E-state index contributed by atoms with van der Waals surface area (Å²) in [6, 6.07) is 0. The molecule has 0 amide bonds. The molecule has 0 aromatic rings. The Morgan fingerprint density at radius 2 is 0.700 bits per heavy atom.